The van der Waals surface area contributed by atoms with Crippen LogP contribution < -0.4 is 4.90 Å². The first kappa shape index (κ1) is 17.2. The van der Waals surface area contributed by atoms with E-state index in [1.54, 1.807) is 18.4 Å². The van der Waals surface area contributed by atoms with Gasteiger partial charge in [0.25, 0.3) is 11.1 Å². The van der Waals surface area contributed by atoms with Crippen LogP contribution in [-0.4, -0.2) is 33.7 Å². The van der Waals surface area contributed by atoms with Gasteiger partial charge in [0.05, 0.1) is 17.7 Å². The fourth-order valence-corrected chi connectivity index (χ4v) is 4.47. The van der Waals surface area contributed by atoms with Crippen LogP contribution in [0.1, 0.15) is 13.3 Å². The van der Waals surface area contributed by atoms with Gasteiger partial charge in [-0.1, -0.05) is 30.8 Å². The molecule has 0 spiro atoms. The fourth-order valence-electron chi connectivity index (χ4n) is 2.72. The Bertz CT molecular complexity index is 895. The summed E-state index contributed by atoms with van der Waals surface area (Å²) in [6.07, 6.45) is 2.50. The number of benzene rings is 1. The zero-order valence-corrected chi connectivity index (χ0v) is 15.8. The molecule has 0 radical (unpaired) electrons. The predicted molar refractivity (Wildman–Crippen MR) is 101 cm³/mol. The molecule has 3 aromatic rings. The van der Waals surface area contributed by atoms with Crippen molar-refractivity contribution in [1.82, 2.24) is 10.2 Å². The zero-order valence-electron chi connectivity index (χ0n) is 14.1. The molecule has 0 aliphatic carbocycles. The third kappa shape index (κ3) is 3.66. The lowest BCUT2D eigenvalue weighted by atomic mass is 10.2. The summed E-state index contributed by atoms with van der Waals surface area (Å²) in [6.45, 7) is 2.91. The summed E-state index contributed by atoms with van der Waals surface area (Å²) in [6, 6.07) is 11.6. The first-order valence-corrected chi connectivity index (χ1v) is 10.1. The summed E-state index contributed by atoms with van der Waals surface area (Å²) in [5, 5.41) is 8.76. The summed E-state index contributed by atoms with van der Waals surface area (Å²) in [5.74, 6) is 1.11. The number of furan rings is 1. The van der Waals surface area contributed by atoms with Gasteiger partial charge in [-0.05, 0) is 30.7 Å². The van der Waals surface area contributed by atoms with E-state index in [1.165, 1.54) is 11.8 Å². The number of carbonyl (C=O) groups excluding carboxylic acids is 1. The number of thioether (sulfide) groups is 2. The molecule has 8 heteroatoms. The number of aromatic nitrogens is 2. The van der Waals surface area contributed by atoms with Gasteiger partial charge >= 0.3 is 0 Å². The number of rotatable bonds is 4. The first-order chi connectivity index (χ1) is 12.7. The van der Waals surface area contributed by atoms with Gasteiger partial charge in [0.2, 0.25) is 5.91 Å². The molecule has 1 unspecified atom stereocenters. The Labute approximate surface area is 159 Å². The third-order valence-electron chi connectivity index (χ3n) is 4.00. The average Bonchev–Trinajstić information content (AvgIpc) is 3.29. The van der Waals surface area contributed by atoms with E-state index in [0.717, 1.165) is 17.0 Å². The minimum atomic E-state index is 0.0369. The highest BCUT2D eigenvalue weighted by Crippen LogP contribution is 2.37. The van der Waals surface area contributed by atoms with Crippen molar-refractivity contribution in [2.75, 3.05) is 17.2 Å². The molecule has 0 bridgehead atoms. The van der Waals surface area contributed by atoms with Crippen LogP contribution in [0.2, 0.25) is 0 Å². The molecule has 2 aromatic heterocycles. The monoisotopic (exact) mass is 387 g/mol. The Morgan fingerprint density at radius 2 is 2.19 bits per heavy atom. The summed E-state index contributed by atoms with van der Waals surface area (Å²) in [4.78, 5) is 15.8. The molecule has 3 heterocycles. The highest BCUT2D eigenvalue weighted by Gasteiger charge is 2.24. The molecular formula is C18H17N3O3S2. The van der Waals surface area contributed by atoms with Gasteiger partial charge in [-0.15, -0.1) is 22.0 Å². The van der Waals surface area contributed by atoms with E-state index in [1.807, 2.05) is 34.9 Å². The Balaban J connectivity index is 1.45. The summed E-state index contributed by atoms with van der Waals surface area (Å²) in [5.41, 5.74) is 0.981. The Kier molecular flexibility index (Phi) is 5.03. The molecule has 0 fully saturated rings. The summed E-state index contributed by atoms with van der Waals surface area (Å²) in [7, 11) is 0. The standard InChI is InChI=1S/C18H17N3O3S2/c1-12-8-9-21(13-5-2-3-7-15(13)26-12)16(22)11-25-18-20-19-17(24-18)14-6-4-10-23-14/h2-7,10,12H,8-9,11H2,1H3. The van der Waals surface area contributed by atoms with E-state index in [-0.39, 0.29) is 11.7 Å². The van der Waals surface area contributed by atoms with Crippen LogP contribution in [0.3, 0.4) is 0 Å². The largest absolute Gasteiger partial charge is 0.459 e. The second-order valence-corrected chi connectivity index (χ2v) is 8.28. The molecule has 4 rings (SSSR count). The van der Waals surface area contributed by atoms with Gasteiger partial charge in [-0.3, -0.25) is 4.79 Å². The molecular weight excluding hydrogens is 370 g/mol. The van der Waals surface area contributed by atoms with Crippen molar-refractivity contribution < 1.29 is 13.6 Å². The van der Waals surface area contributed by atoms with E-state index in [0.29, 0.717) is 28.7 Å². The van der Waals surface area contributed by atoms with Crippen LogP contribution >= 0.6 is 23.5 Å². The van der Waals surface area contributed by atoms with Crippen LogP contribution in [0.25, 0.3) is 11.7 Å². The third-order valence-corrected chi connectivity index (χ3v) is 6.04. The van der Waals surface area contributed by atoms with Gasteiger partial charge < -0.3 is 13.7 Å². The maximum atomic E-state index is 12.8. The van der Waals surface area contributed by atoms with Crippen LogP contribution in [0, 0.1) is 0 Å². The second kappa shape index (κ2) is 7.59. The Hall–Kier alpha value is -2.19. The molecule has 0 saturated heterocycles. The van der Waals surface area contributed by atoms with Crippen LogP contribution in [0.4, 0.5) is 5.69 Å². The number of hydrogen-bond donors (Lipinski definition) is 0. The molecule has 6 nitrogen and oxygen atoms in total. The molecule has 1 atom stereocenters. The predicted octanol–water partition coefficient (Wildman–Crippen LogP) is 4.34. The molecule has 134 valence electrons. The Morgan fingerprint density at radius 3 is 3.04 bits per heavy atom. The van der Waals surface area contributed by atoms with Crippen molar-refractivity contribution in [3.63, 3.8) is 0 Å². The molecule has 0 N–H and O–H groups in total. The zero-order chi connectivity index (χ0) is 17.9. The number of anilines is 1. The van der Waals surface area contributed by atoms with E-state index in [2.05, 4.69) is 23.2 Å². The number of nitrogens with zero attached hydrogens (tertiary/aromatic N) is 3. The van der Waals surface area contributed by atoms with E-state index in [9.17, 15) is 4.79 Å². The van der Waals surface area contributed by atoms with Crippen molar-refractivity contribution in [3.8, 4) is 11.7 Å². The maximum absolute atomic E-state index is 12.8. The molecule has 1 aliphatic heterocycles. The lowest BCUT2D eigenvalue weighted by Gasteiger charge is -2.22. The molecule has 26 heavy (non-hydrogen) atoms. The number of fused-ring (bicyclic) bond motifs is 1. The molecule has 1 aliphatic rings. The minimum absolute atomic E-state index is 0.0369. The molecule has 1 aromatic carbocycles. The van der Waals surface area contributed by atoms with Crippen molar-refractivity contribution in [1.29, 1.82) is 0 Å². The summed E-state index contributed by atoms with van der Waals surface area (Å²) >= 11 is 3.06. The van der Waals surface area contributed by atoms with Gasteiger partial charge in [-0.2, -0.15) is 0 Å². The highest BCUT2D eigenvalue weighted by molar-refractivity contribution is 8.00. The number of carbonyl (C=O) groups is 1. The summed E-state index contributed by atoms with van der Waals surface area (Å²) < 4.78 is 10.8. The van der Waals surface area contributed by atoms with E-state index in [4.69, 9.17) is 8.83 Å². The van der Waals surface area contributed by atoms with Gasteiger partial charge in [-0.25, -0.2) is 0 Å². The maximum Gasteiger partial charge on any atom is 0.284 e. The first-order valence-electron chi connectivity index (χ1n) is 8.27. The number of hydrogen-bond acceptors (Lipinski definition) is 7. The normalized spacial score (nSPS) is 17.0. The topological polar surface area (TPSA) is 72.4 Å². The number of para-hydroxylation sites is 1. The van der Waals surface area contributed by atoms with E-state index < -0.39 is 0 Å². The lowest BCUT2D eigenvalue weighted by molar-refractivity contribution is -0.116. The molecule has 0 saturated carbocycles. The smallest absolute Gasteiger partial charge is 0.284 e. The van der Waals surface area contributed by atoms with Crippen LogP contribution in [0.5, 0.6) is 0 Å². The minimum Gasteiger partial charge on any atom is -0.459 e. The van der Waals surface area contributed by atoms with Gasteiger partial charge in [0.15, 0.2) is 5.76 Å². The van der Waals surface area contributed by atoms with Crippen LogP contribution in [-0.2, 0) is 4.79 Å². The van der Waals surface area contributed by atoms with Crippen molar-refractivity contribution in [2.24, 2.45) is 0 Å². The SMILES string of the molecule is CC1CCN(C(=O)CSc2nnc(-c3ccco3)o2)c2ccccc2S1. The van der Waals surface area contributed by atoms with Crippen molar-refractivity contribution in [3.05, 3.63) is 42.7 Å². The molecule has 1 amide bonds. The van der Waals surface area contributed by atoms with Gasteiger partial charge in [0, 0.05) is 16.7 Å². The highest BCUT2D eigenvalue weighted by atomic mass is 32.2. The Morgan fingerprint density at radius 1 is 1.31 bits per heavy atom. The van der Waals surface area contributed by atoms with Gasteiger partial charge in [0.1, 0.15) is 0 Å². The quantitative estimate of drug-likeness (QED) is 0.617. The van der Waals surface area contributed by atoms with Crippen LogP contribution in [0.15, 0.2) is 61.6 Å². The van der Waals surface area contributed by atoms with Crippen molar-refractivity contribution in [2.45, 2.75) is 28.7 Å². The average molecular weight is 387 g/mol. The fraction of sp³-hybridized carbons (Fsp3) is 0.278. The second-order valence-electron chi connectivity index (χ2n) is 5.87. The lowest BCUT2D eigenvalue weighted by Crippen LogP contribution is -2.33. The van der Waals surface area contributed by atoms with E-state index >= 15 is 0 Å². The number of amides is 1. The van der Waals surface area contributed by atoms with Crippen molar-refractivity contribution >= 4 is 35.1 Å².